The molecule has 3 rings (SSSR count). The molecule has 0 bridgehead atoms. The first-order chi connectivity index (χ1) is 12.5. The van der Waals surface area contributed by atoms with E-state index in [4.69, 9.17) is 23.2 Å². The van der Waals surface area contributed by atoms with Gasteiger partial charge in [-0.05, 0) is 29.8 Å². The molecule has 1 fully saturated rings. The van der Waals surface area contributed by atoms with Crippen molar-refractivity contribution in [3.63, 3.8) is 0 Å². The van der Waals surface area contributed by atoms with E-state index in [9.17, 15) is 10.1 Å². The van der Waals surface area contributed by atoms with Crippen molar-refractivity contribution in [2.24, 2.45) is 0 Å². The van der Waals surface area contributed by atoms with Gasteiger partial charge in [0.05, 0.1) is 15.6 Å². The Kier molecular flexibility index (Phi) is 5.70. The zero-order chi connectivity index (χ0) is 18.5. The van der Waals surface area contributed by atoms with Gasteiger partial charge in [0.1, 0.15) is 5.15 Å². The van der Waals surface area contributed by atoms with Crippen molar-refractivity contribution in [1.29, 1.82) is 0 Å². The van der Waals surface area contributed by atoms with Crippen LogP contribution in [0.4, 0.5) is 0 Å². The van der Waals surface area contributed by atoms with E-state index in [2.05, 4.69) is 15.3 Å². The summed E-state index contributed by atoms with van der Waals surface area (Å²) in [5.74, 6) is 0.468. The van der Waals surface area contributed by atoms with Crippen molar-refractivity contribution < 1.29 is 4.92 Å². The molecule has 0 spiro atoms. The van der Waals surface area contributed by atoms with Gasteiger partial charge in [-0.3, -0.25) is 15.1 Å². The first-order valence-corrected chi connectivity index (χ1v) is 8.56. The van der Waals surface area contributed by atoms with Gasteiger partial charge in [0.25, 0.3) is 0 Å². The Morgan fingerprint density at radius 2 is 2.12 bits per heavy atom. The second-order valence-corrected chi connectivity index (χ2v) is 6.39. The molecule has 0 saturated carbocycles. The molecule has 3 heterocycles. The van der Waals surface area contributed by atoms with Gasteiger partial charge in [0.2, 0.25) is 0 Å². The fourth-order valence-electron chi connectivity index (χ4n) is 2.54. The number of nitro groups is 1. The van der Waals surface area contributed by atoms with Crippen molar-refractivity contribution >= 4 is 29.3 Å². The summed E-state index contributed by atoms with van der Waals surface area (Å²) in [5.41, 5.74) is 1.48. The summed E-state index contributed by atoms with van der Waals surface area (Å²) >= 11 is 11.6. The monoisotopic (exact) mass is 391 g/mol. The Morgan fingerprint density at radius 3 is 2.77 bits per heavy atom. The van der Waals surface area contributed by atoms with Crippen molar-refractivity contribution in [2.75, 3.05) is 13.1 Å². The number of aromatic nitrogens is 2. The molecule has 0 radical (unpaired) electrons. The molecule has 0 aromatic carbocycles. The molecule has 7 nitrogen and oxygen atoms in total. The first-order valence-electron chi connectivity index (χ1n) is 7.80. The van der Waals surface area contributed by atoms with Crippen LogP contribution in [0.5, 0.6) is 0 Å². The topological polar surface area (TPSA) is 84.2 Å². The zero-order valence-corrected chi connectivity index (χ0v) is 15.1. The number of hydrogen-bond acceptors (Lipinski definition) is 6. The molecule has 1 aliphatic heterocycles. The maximum absolute atomic E-state index is 11.6. The second kappa shape index (κ2) is 8.16. The van der Waals surface area contributed by atoms with Gasteiger partial charge >= 0.3 is 5.70 Å². The van der Waals surface area contributed by atoms with Gasteiger partial charge in [-0.25, -0.2) is 4.98 Å². The van der Waals surface area contributed by atoms with E-state index in [1.54, 1.807) is 30.5 Å². The van der Waals surface area contributed by atoms with Crippen LogP contribution in [0.2, 0.25) is 10.2 Å². The van der Waals surface area contributed by atoms with Crippen molar-refractivity contribution in [1.82, 2.24) is 20.2 Å². The highest BCUT2D eigenvalue weighted by Gasteiger charge is 2.26. The van der Waals surface area contributed by atoms with Crippen LogP contribution in [-0.2, 0) is 6.54 Å². The number of allylic oxidation sites excluding steroid dienone is 1. The lowest BCUT2D eigenvalue weighted by Gasteiger charge is -2.18. The molecule has 134 valence electrons. The SMILES string of the molecule is O=[N+]([O-])C(/C=C/c1ccc(Cl)cn1)=C1\NCCN1Cc1ccc(Cl)nc1. The molecule has 0 amide bonds. The summed E-state index contributed by atoms with van der Waals surface area (Å²) in [5, 5.41) is 15.6. The molecule has 2 aromatic heterocycles. The predicted molar refractivity (Wildman–Crippen MR) is 100.0 cm³/mol. The van der Waals surface area contributed by atoms with Crippen LogP contribution in [0.15, 0.2) is 54.3 Å². The Hall–Kier alpha value is -2.64. The fourth-order valence-corrected chi connectivity index (χ4v) is 2.76. The lowest BCUT2D eigenvalue weighted by atomic mass is 10.2. The minimum atomic E-state index is -0.410. The summed E-state index contributed by atoms with van der Waals surface area (Å²) in [7, 11) is 0. The third kappa shape index (κ3) is 4.50. The molecule has 26 heavy (non-hydrogen) atoms. The summed E-state index contributed by atoms with van der Waals surface area (Å²) in [6.45, 7) is 1.78. The molecule has 0 atom stereocenters. The predicted octanol–water partition coefficient (Wildman–Crippen LogP) is 3.35. The number of hydrogen-bond donors (Lipinski definition) is 1. The Bertz CT molecular complexity index is 850. The maximum atomic E-state index is 11.6. The van der Waals surface area contributed by atoms with Gasteiger partial charge in [0.15, 0.2) is 5.82 Å². The average Bonchev–Trinajstić information content (AvgIpc) is 3.06. The van der Waals surface area contributed by atoms with E-state index in [0.717, 1.165) is 5.56 Å². The molecular formula is C17H15Cl2N5O2. The first kappa shape index (κ1) is 18.2. The van der Waals surface area contributed by atoms with Crippen LogP contribution in [-0.4, -0.2) is 32.9 Å². The number of nitrogens with zero attached hydrogens (tertiary/aromatic N) is 4. The molecule has 2 aromatic rings. The minimum absolute atomic E-state index is 0.0267. The smallest absolute Gasteiger partial charge is 0.309 e. The molecule has 9 heteroatoms. The van der Waals surface area contributed by atoms with E-state index < -0.39 is 4.92 Å². The van der Waals surface area contributed by atoms with Crippen LogP contribution < -0.4 is 5.32 Å². The molecule has 1 saturated heterocycles. The van der Waals surface area contributed by atoms with Crippen molar-refractivity contribution in [3.05, 3.63) is 85.8 Å². The van der Waals surface area contributed by atoms with Gasteiger partial charge in [-0.15, -0.1) is 0 Å². The normalized spacial score (nSPS) is 16.0. The molecule has 1 N–H and O–H groups in total. The summed E-state index contributed by atoms with van der Waals surface area (Å²) < 4.78 is 0. The summed E-state index contributed by atoms with van der Waals surface area (Å²) in [6.07, 6.45) is 6.19. The molecule has 1 aliphatic rings. The lowest BCUT2D eigenvalue weighted by molar-refractivity contribution is -0.421. The number of nitrogens with one attached hydrogen (secondary N) is 1. The summed E-state index contributed by atoms with van der Waals surface area (Å²) in [4.78, 5) is 21.2. The van der Waals surface area contributed by atoms with E-state index in [0.29, 0.717) is 41.3 Å². The van der Waals surface area contributed by atoms with Gasteiger partial charge in [-0.1, -0.05) is 29.3 Å². The summed E-state index contributed by atoms with van der Waals surface area (Å²) in [6, 6.07) is 6.93. The molecule has 0 unspecified atom stereocenters. The van der Waals surface area contributed by atoms with E-state index in [-0.39, 0.29) is 5.70 Å². The third-order valence-electron chi connectivity index (χ3n) is 3.75. The van der Waals surface area contributed by atoms with Gasteiger partial charge < -0.3 is 10.2 Å². The zero-order valence-electron chi connectivity index (χ0n) is 13.6. The van der Waals surface area contributed by atoms with Gasteiger partial charge in [0, 0.05) is 38.1 Å². The quantitative estimate of drug-likeness (QED) is 0.477. The number of halogens is 2. The highest BCUT2D eigenvalue weighted by Crippen LogP contribution is 2.19. The maximum Gasteiger partial charge on any atom is 0.309 e. The van der Waals surface area contributed by atoms with E-state index in [1.807, 2.05) is 11.0 Å². The number of rotatable bonds is 5. The second-order valence-electron chi connectivity index (χ2n) is 5.56. The van der Waals surface area contributed by atoms with Crippen molar-refractivity contribution in [2.45, 2.75) is 6.54 Å². The highest BCUT2D eigenvalue weighted by molar-refractivity contribution is 6.30. The Morgan fingerprint density at radius 1 is 1.27 bits per heavy atom. The fraction of sp³-hybridized carbons (Fsp3) is 0.176. The van der Waals surface area contributed by atoms with Crippen LogP contribution in [0.25, 0.3) is 6.08 Å². The standard InChI is InChI=1S/C17H15Cl2N5O2/c18-13-2-3-14(21-10-13)4-5-15(24(25)26)17-20-7-8-23(17)11-12-1-6-16(19)22-9-12/h1-6,9-10,20H,7-8,11H2/b5-4+,17-15+. The molecular weight excluding hydrogens is 377 g/mol. The van der Waals surface area contributed by atoms with E-state index in [1.165, 1.54) is 12.3 Å². The minimum Gasteiger partial charge on any atom is -0.364 e. The average molecular weight is 392 g/mol. The van der Waals surface area contributed by atoms with Crippen molar-refractivity contribution in [3.8, 4) is 0 Å². The highest BCUT2D eigenvalue weighted by atomic mass is 35.5. The Labute approximate surface area is 160 Å². The van der Waals surface area contributed by atoms with Crippen LogP contribution >= 0.6 is 23.2 Å². The van der Waals surface area contributed by atoms with Crippen LogP contribution in [0, 0.1) is 10.1 Å². The van der Waals surface area contributed by atoms with Gasteiger partial charge in [-0.2, -0.15) is 0 Å². The lowest BCUT2D eigenvalue weighted by Crippen LogP contribution is -2.23. The van der Waals surface area contributed by atoms with Crippen LogP contribution in [0.1, 0.15) is 11.3 Å². The largest absolute Gasteiger partial charge is 0.364 e. The Balaban J connectivity index is 1.85. The van der Waals surface area contributed by atoms with E-state index >= 15 is 0 Å². The third-order valence-corrected chi connectivity index (χ3v) is 4.20. The molecule has 0 aliphatic carbocycles. The van der Waals surface area contributed by atoms with Crippen LogP contribution in [0.3, 0.4) is 0 Å². The number of pyridine rings is 2.